The number of hydrogen-bond acceptors (Lipinski definition) is 5. The van der Waals surface area contributed by atoms with E-state index in [1.807, 2.05) is 17.5 Å². The first-order valence-electron chi connectivity index (χ1n) is 7.82. The molecule has 0 aliphatic heterocycles. The Balaban J connectivity index is 2.17. The van der Waals surface area contributed by atoms with E-state index < -0.39 is 18.0 Å². The molecule has 0 spiro atoms. The van der Waals surface area contributed by atoms with Gasteiger partial charge in [-0.25, -0.2) is 4.79 Å². The molecule has 5 nitrogen and oxygen atoms in total. The number of alkyl carbamates (subject to hydrolysis) is 1. The molecule has 1 heterocycles. The molecule has 0 aliphatic carbocycles. The van der Waals surface area contributed by atoms with Crippen LogP contribution in [0.15, 0.2) is 41.8 Å². The molecule has 0 aliphatic rings. The molecule has 2 amide bonds. The van der Waals surface area contributed by atoms with Crippen molar-refractivity contribution in [2.24, 2.45) is 0 Å². The van der Waals surface area contributed by atoms with Crippen LogP contribution in [0.25, 0.3) is 0 Å². The van der Waals surface area contributed by atoms with Crippen molar-refractivity contribution < 1.29 is 14.3 Å². The zero-order valence-electron chi connectivity index (χ0n) is 14.0. The smallest absolute Gasteiger partial charge is 0.413 e. The Morgan fingerprint density at radius 1 is 1.21 bits per heavy atom. The van der Waals surface area contributed by atoms with Gasteiger partial charge in [0, 0.05) is 4.88 Å². The normalized spacial score (nSPS) is 13.1. The van der Waals surface area contributed by atoms with Crippen molar-refractivity contribution in [3.63, 3.8) is 0 Å². The Kier molecular flexibility index (Phi) is 6.52. The molecular formula is C18H22N2O3S. The van der Waals surface area contributed by atoms with Gasteiger partial charge in [0.25, 0.3) is 0 Å². The SMILES string of the molecule is CCc1ccc([C@H](N[C@@H](C)C(=O)NC(=O)OC)c2cccs2)cc1. The fraction of sp³-hybridized carbons (Fsp3) is 0.333. The van der Waals surface area contributed by atoms with E-state index in [0.29, 0.717) is 0 Å². The highest BCUT2D eigenvalue weighted by atomic mass is 32.1. The van der Waals surface area contributed by atoms with Gasteiger partial charge in [0.05, 0.1) is 19.2 Å². The van der Waals surface area contributed by atoms with Crippen LogP contribution in [0.3, 0.4) is 0 Å². The first-order chi connectivity index (χ1) is 11.5. The summed E-state index contributed by atoms with van der Waals surface area (Å²) in [5.41, 5.74) is 2.34. The topological polar surface area (TPSA) is 67.4 Å². The number of rotatable bonds is 6. The summed E-state index contributed by atoms with van der Waals surface area (Å²) >= 11 is 1.62. The fourth-order valence-electron chi connectivity index (χ4n) is 2.33. The summed E-state index contributed by atoms with van der Waals surface area (Å²) in [6.07, 6.45) is 0.226. The number of amides is 2. The maximum Gasteiger partial charge on any atom is 0.413 e. The van der Waals surface area contributed by atoms with Crippen molar-refractivity contribution in [3.8, 4) is 0 Å². The van der Waals surface area contributed by atoms with Crippen LogP contribution in [-0.4, -0.2) is 25.2 Å². The van der Waals surface area contributed by atoms with Crippen LogP contribution in [0.2, 0.25) is 0 Å². The van der Waals surface area contributed by atoms with Crippen LogP contribution in [-0.2, 0) is 16.0 Å². The molecule has 0 saturated carbocycles. The predicted octanol–water partition coefficient (Wildman–Crippen LogP) is 3.26. The quantitative estimate of drug-likeness (QED) is 0.842. The van der Waals surface area contributed by atoms with E-state index >= 15 is 0 Å². The number of methoxy groups -OCH3 is 1. The summed E-state index contributed by atoms with van der Waals surface area (Å²) in [6.45, 7) is 3.84. The Morgan fingerprint density at radius 2 is 1.92 bits per heavy atom. The summed E-state index contributed by atoms with van der Waals surface area (Å²) in [6, 6.07) is 11.7. The highest BCUT2D eigenvalue weighted by Gasteiger charge is 2.22. The van der Waals surface area contributed by atoms with Gasteiger partial charge in [0.2, 0.25) is 5.91 Å². The van der Waals surface area contributed by atoms with Crippen LogP contribution in [0.5, 0.6) is 0 Å². The third-order valence-corrected chi connectivity index (χ3v) is 4.71. The molecular weight excluding hydrogens is 324 g/mol. The van der Waals surface area contributed by atoms with Crippen LogP contribution >= 0.6 is 11.3 Å². The van der Waals surface area contributed by atoms with Gasteiger partial charge in [-0.3, -0.25) is 15.4 Å². The molecule has 6 heteroatoms. The molecule has 2 aromatic rings. The first kappa shape index (κ1) is 18.2. The van der Waals surface area contributed by atoms with Gasteiger partial charge in [-0.1, -0.05) is 37.3 Å². The van der Waals surface area contributed by atoms with Crippen LogP contribution < -0.4 is 10.6 Å². The lowest BCUT2D eigenvalue weighted by Crippen LogP contribution is -2.45. The molecule has 1 aromatic carbocycles. The number of ether oxygens (including phenoxy) is 1. The molecule has 0 unspecified atom stereocenters. The van der Waals surface area contributed by atoms with Crippen LogP contribution in [0.4, 0.5) is 4.79 Å². The number of aryl methyl sites for hydroxylation is 1. The van der Waals surface area contributed by atoms with Gasteiger partial charge >= 0.3 is 6.09 Å². The standard InChI is InChI=1S/C18H22N2O3S/c1-4-13-7-9-14(10-8-13)16(15-6-5-11-24-15)19-12(2)17(21)20-18(22)23-3/h5-12,16,19H,4H2,1-3H3,(H,20,21,22)/t12-,16-/m0/s1. The second-order valence-electron chi connectivity index (χ2n) is 5.41. The van der Waals surface area contributed by atoms with E-state index in [2.05, 4.69) is 46.6 Å². The maximum atomic E-state index is 12.1. The minimum absolute atomic E-state index is 0.116. The number of hydrogen-bond donors (Lipinski definition) is 2. The number of thiophene rings is 1. The molecule has 0 fully saturated rings. The average molecular weight is 346 g/mol. The van der Waals surface area contributed by atoms with Gasteiger partial charge in [0.15, 0.2) is 0 Å². The number of imide groups is 1. The average Bonchev–Trinajstić information content (AvgIpc) is 3.13. The minimum Gasteiger partial charge on any atom is -0.453 e. The third-order valence-electron chi connectivity index (χ3n) is 3.77. The molecule has 0 saturated heterocycles. The largest absolute Gasteiger partial charge is 0.453 e. The van der Waals surface area contributed by atoms with E-state index in [9.17, 15) is 9.59 Å². The molecule has 1 aromatic heterocycles. The summed E-state index contributed by atoms with van der Waals surface area (Å²) < 4.78 is 4.46. The minimum atomic E-state index is -0.756. The maximum absolute atomic E-state index is 12.1. The lowest BCUT2D eigenvalue weighted by molar-refractivity contribution is -0.122. The molecule has 24 heavy (non-hydrogen) atoms. The third kappa shape index (κ3) is 4.66. The Bertz CT molecular complexity index is 668. The zero-order valence-corrected chi connectivity index (χ0v) is 14.9. The Morgan fingerprint density at radius 3 is 2.46 bits per heavy atom. The van der Waals surface area contributed by atoms with Crippen LogP contribution in [0, 0.1) is 0 Å². The van der Waals surface area contributed by atoms with Crippen molar-refractivity contribution in [3.05, 3.63) is 57.8 Å². The number of carbonyl (C=O) groups is 2. The highest BCUT2D eigenvalue weighted by Crippen LogP contribution is 2.27. The van der Waals surface area contributed by atoms with Gasteiger partial charge in [-0.15, -0.1) is 11.3 Å². The van der Waals surface area contributed by atoms with E-state index in [0.717, 1.165) is 16.9 Å². The van der Waals surface area contributed by atoms with Crippen molar-refractivity contribution >= 4 is 23.3 Å². The monoisotopic (exact) mass is 346 g/mol. The van der Waals surface area contributed by atoms with E-state index in [1.165, 1.54) is 12.7 Å². The second kappa shape index (κ2) is 8.61. The molecule has 2 N–H and O–H groups in total. The van der Waals surface area contributed by atoms with E-state index in [4.69, 9.17) is 0 Å². The molecule has 2 rings (SSSR count). The zero-order chi connectivity index (χ0) is 17.5. The number of nitrogens with one attached hydrogen (secondary N) is 2. The van der Waals surface area contributed by atoms with Crippen LogP contribution in [0.1, 0.15) is 35.9 Å². The van der Waals surface area contributed by atoms with Gasteiger partial charge in [0.1, 0.15) is 0 Å². The van der Waals surface area contributed by atoms with E-state index in [-0.39, 0.29) is 6.04 Å². The molecule has 0 bridgehead atoms. The van der Waals surface area contributed by atoms with Gasteiger partial charge in [-0.05, 0) is 35.9 Å². The summed E-state index contributed by atoms with van der Waals surface area (Å²) in [7, 11) is 1.23. The lowest BCUT2D eigenvalue weighted by Gasteiger charge is -2.22. The lowest BCUT2D eigenvalue weighted by atomic mass is 10.0. The van der Waals surface area contributed by atoms with Crippen molar-refractivity contribution in [2.45, 2.75) is 32.4 Å². The second-order valence-corrected chi connectivity index (χ2v) is 6.39. The summed E-state index contributed by atoms with van der Waals surface area (Å²) in [5, 5.41) is 7.49. The summed E-state index contributed by atoms with van der Waals surface area (Å²) in [4.78, 5) is 24.4. The highest BCUT2D eigenvalue weighted by molar-refractivity contribution is 7.10. The predicted molar refractivity (Wildman–Crippen MR) is 95.1 cm³/mol. The van der Waals surface area contributed by atoms with E-state index in [1.54, 1.807) is 18.3 Å². The first-order valence-corrected chi connectivity index (χ1v) is 8.70. The number of carbonyl (C=O) groups excluding carboxylic acids is 2. The van der Waals surface area contributed by atoms with Gasteiger partial charge < -0.3 is 4.74 Å². The molecule has 2 atom stereocenters. The number of benzene rings is 1. The Hall–Kier alpha value is -2.18. The summed E-state index contributed by atoms with van der Waals surface area (Å²) in [5.74, 6) is -0.423. The Labute approximate surface area is 146 Å². The van der Waals surface area contributed by atoms with Crippen molar-refractivity contribution in [1.29, 1.82) is 0 Å². The molecule has 0 radical (unpaired) electrons. The fourth-order valence-corrected chi connectivity index (χ4v) is 3.14. The van der Waals surface area contributed by atoms with Gasteiger partial charge in [-0.2, -0.15) is 0 Å². The van der Waals surface area contributed by atoms with Crippen molar-refractivity contribution in [1.82, 2.24) is 10.6 Å². The molecule has 128 valence electrons. The van der Waals surface area contributed by atoms with Crippen molar-refractivity contribution in [2.75, 3.05) is 7.11 Å².